The van der Waals surface area contributed by atoms with E-state index in [0.29, 0.717) is 11.6 Å². The molecule has 0 amide bonds. The summed E-state index contributed by atoms with van der Waals surface area (Å²) in [7, 11) is -1.07. The molecule has 2 heterocycles. The van der Waals surface area contributed by atoms with Crippen LogP contribution >= 0.6 is 0 Å². The summed E-state index contributed by atoms with van der Waals surface area (Å²) in [5, 5.41) is 8.25. The van der Waals surface area contributed by atoms with E-state index in [0.717, 1.165) is 0 Å². The van der Waals surface area contributed by atoms with Gasteiger partial charge >= 0.3 is 0 Å². The van der Waals surface area contributed by atoms with Crippen LogP contribution in [0.3, 0.4) is 0 Å². The molecule has 3 rings (SSSR count). The van der Waals surface area contributed by atoms with Crippen LogP contribution in [-0.2, 0) is 16.6 Å². The van der Waals surface area contributed by atoms with Crippen molar-refractivity contribution in [3.8, 4) is 17.3 Å². The topological polar surface area (TPSA) is 117 Å². The van der Waals surface area contributed by atoms with Crippen molar-refractivity contribution in [1.29, 1.82) is 0 Å². The average molecular weight is 405 g/mol. The van der Waals surface area contributed by atoms with Crippen LogP contribution in [0.25, 0.3) is 5.82 Å². The molecular formula is C17H19N5O5S. The second-order valence-electron chi connectivity index (χ2n) is 5.62. The third kappa shape index (κ3) is 4.21. The summed E-state index contributed by atoms with van der Waals surface area (Å²) in [6.45, 7) is -0.00236. The Balaban J connectivity index is 1.76. The predicted molar refractivity (Wildman–Crippen MR) is 100 cm³/mol. The molecule has 0 radical (unpaired) electrons. The van der Waals surface area contributed by atoms with Crippen molar-refractivity contribution in [2.45, 2.75) is 11.4 Å². The summed E-state index contributed by atoms with van der Waals surface area (Å²) in [5.74, 6) is 1.01. The smallest absolute Gasteiger partial charge is 0.266 e. The van der Waals surface area contributed by atoms with Crippen LogP contribution in [0.4, 0.5) is 0 Å². The van der Waals surface area contributed by atoms with Crippen LogP contribution in [0.5, 0.6) is 11.5 Å². The minimum atomic E-state index is -3.89. The molecule has 0 spiro atoms. The zero-order valence-corrected chi connectivity index (χ0v) is 16.1. The number of aromatic nitrogens is 4. The average Bonchev–Trinajstić information content (AvgIpc) is 3.23. The molecule has 0 saturated carbocycles. The number of nitrogens with zero attached hydrogens (tertiary/aromatic N) is 4. The number of nitrogens with one attached hydrogen (secondary N) is 1. The summed E-state index contributed by atoms with van der Waals surface area (Å²) >= 11 is 0. The van der Waals surface area contributed by atoms with Crippen LogP contribution in [0.2, 0.25) is 0 Å². The van der Waals surface area contributed by atoms with E-state index in [2.05, 4.69) is 14.9 Å². The SMILES string of the molecule is COc1ccc(OC)c(S(=O)(=O)NCCn2nc(-n3cccn3)ccc2=O)c1. The molecule has 2 aromatic heterocycles. The zero-order valence-electron chi connectivity index (χ0n) is 15.3. The molecule has 0 atom stereocenters. The second-order valence-corrected chi connectivity index (χ2v) is 7.35. The van der Waals surface area contributed by atoms with E-state index in [9.17, 15) is 13.2 Å². The van der Waals surface area contributed by atoms with E-state index in [1.54, 1.807) is 24.5 Å². The fourth-order valence-corrected chi connectivity index (χ4v) is 3.69. The number of rotatable bonds is 8. The second kappa shape index (κ2) is 8.23. The lowest BCUT2D eigenvalue weighted by molar-refractivity contribution is 0.392. The third-order valence-electron chi connectivity index (χ3n) is 3.87. The zero-order chi connectivity index (χ0) is 20.1. The van der Waals surface area contributed by atoms with Gasteiger partial charge in [-0.05, 0) is 24.3 Å². The molecule has 3 aromatic rings. The Morgan fingerprint density at radius 2 is 1.96 bits per heavy atom. The van der Waals surface area contributed by atoms with Gasteiger partial charge in [-0.15, -0.1) is 5.10 Å². The minimum absolute atomic E-state index is 0.0411. The molecule has 0 saturated heterocycles. The van der Waals surface area contributed by atoms with Gasteiger partial charge in [-0.25, -0.2) is 22.5 Å². The first-order valence-corrected chi connectivity index (χ1v) is 9.73. The minimum Gasteiger partial charge on any atom is -0.497 e. The Hall–Kier alpha value is -3.18. The van der Waals surface area contributed by atoms with Gasteiger partial charge < -0.3 is 9.47 Å². The monoisotopic (exact) mass is 405 g/mol. The summed E-state index contributed by atoms with van der Waals surface area (Å²) in [5.41, 5.74) is -0.353. The van der Waals surface area contributed by atoms with Gasteiger partial charge in [0.25, 0.3) is 5.56 Å². The van der Waals surface area contributed by atoms with Gasteiger partial charge in [0.15, 0.2) is 5.82 Å². The van der Waals surface area contributed by atoms with E-state index >= 15 is 0 Å². The highest BCUT2D eigenvalue weighted by Crippen LogP contribution is 2.27. The fraction of sp³-hybridized carbons (Fsp3) is 0.235. The third-order valence-corrected chi connectivity index (χ3v) is 5.35. The molecule has 0 bridgehead atoms. The van der Waals surface area contributed by atoms with Crippen LogP contribution < -0.4 is 19.8 Å². The lowest BCUT2D eigenvalue weighted by atomic mass is 10.3. The van der Waals surface area contributed by atoms with Gasteiger partial charge in [-0.3, -0.25) is 4.79 Å². The van der Waals surface area contributed by atoms with E-state index in [1.165, 1.54) is 47.8 Å². The van der Waals surface area contributed by atoms with Crippen molar-refractivity contribution in [2.75, 3.05) is 20.8 Å². The van der Waals surface area contributed by atoms with Gasteiger partial charge in [-0.1, -0.05) is 0 Å². The highest BCUT2D eigenvalue weighted by molar-refractivity contribution is 7.89. The molecule has 11 heteroatoms. The van der Waals surface area contributed by atoms with Crippen LogP contribution in [-0.4, -0.2) is 48.7 Å². The lowest BCUT2D eigenvalue weighted by Gasteiger charge is -2.12. The summed E-state index contributed by atoms with van der Waals surface area (Å²) in [6, 6.07) is 9.09. The summed E-state index contributed by atoms with van der Waals surface area (Å²) in [6.07, 6.45) is 3.28. The number of ether oxygens (including phenoxy) is 2. The van der Waals surface area contributed by atoms with Gasteiger partial charge in [0.1, 0.15) is 16.4 Å². The Bertz CT molecular complexity index is 1110. The largest absolute Gasteiger partial charge is 0.497 e. The quantitative estimate of drug-likeness (QED) is 0.577. The maximum absolute atomic E-state index is 12.6. The van der Waals surface area contributed by atoms with Crippen molar-refractivity contribution in [2.24, 2.45) is 0 Å². The van der Waals surface area contributed by atoms with E-state index in [4.69, 9.17) is 9.47 Å². The van der Waals surface area contributed by atoms with Crippen LogP contribution in [0.1, 0.15) is 0 Å². The molecule has 1 N–H and O–H groups in total. The normalized spacial score (nSPS) is 11.4. The number of benzene rings is 1. The molecule has 10 nitrogen and oxygen atoms in total. The molecule has 0 unspecified atom stereocenters. The fourth-order valence-electron chi connectivity index (χ4n) is 2.48. The molecule has 0 aliphatic carbocycles. The highest BCUT2D eigenvalue weighted by atomic mass is 32.2. The van der Waals surface area contributed by atoms with Crippen molar-refractivity contribution in [3.63, 3.8) is 0 Å². The Labute approximate surface area is 161 Å². The van der Waals surface area contributed by atoms with Crippen molar-refractivity contribution < 1.29 is 17.9 Å². The first-order chi connectivity index (χ1) is 13.4. The van der Waals surface area contributed by atoms with Crippen LogP contribution in [0, 0.1) is 0 Å². The number of methoxy groups -OCH3 is 2. The highest BCUT2D eigenvalue weighted by Gasteiger charge is 2.20. The van der Waals surface area contributed by atoms with Gasteiger partial charge in [0.2, 0.25) is 10.0 Å². The maximum atomic E-state index is 12.6. The number of sulfonamides is 1. The van der Waals surface area contributed by atoms with E-state index < -0.39 is 10.0 Å². The van der Waals surface area contributed by atoms with E-state index in [-0.39, 0.29) is 29.3 Å². The van der Waals surface area contributed by atoms with Crippen molar-refractivity contribution in [3.05, 3.63) is 59.1 Å². The first-order valence-electron chi connectivity index (χ1n) is 8.24. The van der Waals surface area contributed by atoms with Crippen molar-refractivity contribution in [1.82, 2.24) is 24.3 Å². The molecule has 148 valence electrons. The van der Waals surface area contributed by atoms with Gasteiger partial charge in [-0.2, -0.15) is 5.10 Å². The van der Waals surface area contributed by atoms with Crippen LogP contribution in [0.15, 0.2) is 58.5 Å². The lowest BCUT2D eigenvalue weighted by Crippen LogP contribution is -2.32. The Morgan fingerprint density at radius 3 is 2.64 bits per heavy atom. The van der Waals surface area contributed by atoms with E-state index in [1.807, 2.05) is 0 Å². The van der Waals surface area contributed by atoms with Gasteiger partial charge in [0, 0.05) is 31.1 Å². The molecule has 1 aromatic carbocycles. The molecule has 28 heavy (non-hydrogen) atoms. The number of hydrogen-bond acceptors (Lipinski definition) is 7. The molecule has 0 aliphatic heterocycles. The Kier molecular flexibility index (Phi) is 5.76. The number of hydrogen-bond donors (Lipinski definition) is 1. The standard InChI is InChI=1S/C17H19N5O5S/c1-26-13-4-5-14(27-2)15(12-13)28(24,25)19-9-11-22-17(23)7-6-16(20-22)21-10-3-8-18-21/h3-8,10,12,19H,9,11H2,1-2H3. The predicted octanol–water partition coefficient (Wildman–Crippen LogP) is 0.425. The summed E-state index contributed by atoms with van der Waals surface area (Å²) < 4.78 is 40.6. The molecule has 0 aliphatic rings. The summed E-state index contributed by atoms with van der Waals surface area (Å²) in [4.78, 5) is 12.0. The van der Waals surface area contributed by atoms with Crippen molar-refractivity contribution >= 4 is 10.0 Å². The maximum Gasteiger partial charge on any atom is 0.266 e. The molecular weight excluding hydrogens is 386 g/mol. The Morgan fingerprint density at radius 1 is 1.14 bits per heavy atom. The molecule has 0 fully saturated rings. The van der Waals surface area contributed by atoms with Gasteiger partial charge in [0.05, 0.1) is 20.8 Å². The first kappa shape index (κ1) is 19.6.